The summed E-state index contributed by atoms with van der Waals surface area (Å²) < 4.78 is 0. The van der Waals surface area contributed by atoms with Gasteiger partial charge in [-0.1, -0.05) is 19.3 Å². The molecule has 17 heavy (non-hydrogen) atoms. The zero-order valence-electron chi connectivity index (χ0n) is 11.1. The standard InChI is InChI=1S/C14H26N2O/c1-14(11-15)9-2-3-10-16(14)13(17)8-7-12-5-4-6-12/h12H,2-11,15H2,1H3. The summed E-state index contributed by atoms with van der Waals surface area (Å²) in [4.78, 5) is 14.4. The van der Waals surface area contributed by atoms with E-state index in [0.717, 1.165) is 38.1 Å². The van der Waals surface area contributed by atoms with Crippen LogP contribution >= 0.6 is 0 Å². The van der Waals surface area contributed by atoms with Gasteiger partial charge in [0.15, 0.2) is 0 Å². The number of amides is 1. The molecule has 2 N–H and O–H groups in total. The van der Waals surface area contributed by atoms with Crippen molar-refractivity contribution in [3.05, 3.63) is 0 Å². The van der Waals surface area contributed by atoms with Gasteiger partial charge in [-0.15, -0.1) is 0 Å². The molecule has 1 amide bonds. The van der Waals surface area contributed by atoms with Gasteiger partial charge in [-0.05, 0) is 38.5 Å². The van der Waals surface area contributed by atoms with Gasteiger partial charge in [0.25, 0.3) is 0 Å². The molecule has 0 radical (unpaired) electrons. The zero-order valence-corrected chi connectivity index (χ0v) is 11.1. The van der Waals surface area contributed by atoms with Crippen LogP contribution in [0.4, 0.5) is 0 Å². The van der Waals surface area contributed by atoms with Crippen molar-refractivity contribution < 1.29 is 4.79 Å². The predicted octanol–water partition coefficient (Wildman–Crippen LogP) is 2.30. The molecule has 1 aliphatic heterocycles. The summed E-state index contributed by atoms with van der Waals surface area (Å²) in [7, 11) is 0. The fourth-order valence-electron chi connectivity index (χ4n) is 3.06. The van der Waals surface area contributed by atoms with Crippen LogP contribution in [-0.4, -0.2) is 29.4 Å². The fourth-order valence-corrected chi connectivity index (χ4v) is 3.06. The van der Waals surface area contributed by atoms with Crippen LogP contribution in [0.15, 0.2) is 0 Å². The highest BCUT2D eigenvalue weighted by molar-refractivity contribution is 5.77. The first-order valence-electron chi connectivity index (χ1n) is 7.16. The first-order chi connectivity index (χ1) is 8.15. The predicted molar refractivity (Wildman–Crippen MR) is 69.6 cm³/mol. The number of hydrogen-bond donors (Lipinski definition) is 1. The van der Waals surface area contributed by atoms with Crippen LogP contribution in [0.5, 0.6) is 0 Å². The van der Waals surface area contributed by atoms with E-state index < -0.39 is 0 Å². The third-order valence-corrected chi connectivity index (χ3v) is 4.73. The van der Waals surface area contributed by atoms with Gasteiger partial charge in [-0.25, -0.2) is 0 Å². The Labute approximate surface area is 105 Å². The van der Waals surface area contributed by atoms with Crippen LogP contribution in [0.2, 0.25) is 0 Å². The largest absolute Gasteiger partial charge is 0.336 e. The Morgan fingerprint density at radius 2 is 2.12 bits per heavy atom. The van der Waals surface area contributed by atoms with Crippen LogP contribution in [-0.2, 0) is 4.79 Å². The first-order valence-corrected chi connectivity index (χ1v) is 7.16. The summed E-state index contributed by atoms with van der Waals surface area (Å²) >= 11 is 0. The Balaban J connectivity index is 1.86. The Hall–Kier alpha value is -0.570. The van der Waals surface area contributed by atoms with Crippen LogP contribution < -0.4 is 5.73 Å². The monoisotopic (exact) mass is 238 g/mol. The molecule has 1 heterocycles. The third kappa shape index (κ3) is 2.82. The molecule has 1 aliphatic carbocycles. The Morgan fingerprint density at radius 3 is 2.71 bits per heavy atom. The van der Waals surface area contributed by atoms with Gasteiger partial charge in [0.05, 0.1) is 5.54 Å². The minimum absolute atomic E-state index is 0.0745. The van der Waals surface area contributed by atoms with E-state index in [-0.39, 0.29) is 5.54 Å². The van der Waals surface area contributed by atoms with E-state index in [0.29, 0.717) is 12.5 Å². The minimum Gasteiger partial charge on any atom is -0.336 e. The quantitative estimate of drug-likeness (QED) is 0.817. The van der Waals surface area contributed by atoms with Crippen molar-refractivity contribution in [3.8, 4) is 0 Å². The molecular weight excluding hydrogens is 212 g/mol. The Bertz CT molecular complexity index is 275. The zero-order chi connectivity index (χ0) is 12.3. The molecule has 2 fully saturated rings. The maximum atomic E-state index is 12.3. The number of rotatable bonds is 4. The number of nitrogens with zero attached hydrogens (tertiary/aromatic N) is 1. The molecule has 0 aromatic carbocycles. The molecule has 0 bridgehead atoms. The molecule has 3 heteroatoms. The number of hydrogen-bond acceptors (Lipinski definition) is 2. The molecule has 3 nitrogen and oxygen atoms in total. The van der Waals surface area contributed by atoms with E-state index in [1.165, 1.54) is 25.7 Å². The summed E-state index contributed by atoms with van der Waals surface area (Å²) in [6, 6.07) is 0. The fraction of sp³-hybridized carbons (Fsp3) is 0.929. The number of piperidine rings is 1. The summed E-state index contributed by atoms with van der Waals surface area (Å²) in [5.41, 5.74) is 5.79. The maximum absolute atomic E-state index is 12.3. The summed E-state index contributed by atoms with van der Waals surface area (Å²) in [6.45, 7) is 3.66. The van der Waals surface area contributed by atoms with Crippen molar-refractivity contribution in [3.63, 3.8) is 0 Å². The first kappa shape index (κ1) is 12.9. The molecule has 98 valence electrons. The molecule has 1 unspecified atom stereocenters. The van der Waals surface area contributed by atoms with Crippen molar-refractivity contribution in [1.82, 2.24) is 4.90 Å². The van der Waals surface area contributed by atoms with Crippen LogP contribution in [0.3, 0.4) is 0 Å². The topological polar surface area (TPSA) is 46.3 Å². The second-order valence-corrected chi connectivity index (χ2v) is 6.04. The molecule has 0 aromatic heterocycles. The lowest BCUT2D eigenvalue weighted by molar-refractivity contribution is -0.139. The van der Waals surface area contributed by atoms with Gasteiger partial charge in [0.1, 0.15) is 0 Å². The van der Waals surface area contributed by atoms with Crippen LogP contribution in [0.25, 0.3) is 0 Å². The lowest BCUT2D eigenvalue weighted by Gasteiger charge is -2.44. The molecule has 1 saturated carbocycles. The maximum Gasteiger partial charge on any atom is 0.223 e. The molecule has 2 aliphatic rings. The molecule has 0 spiro atoms. The second kappa shape index (κ2) is 5.38. The highest BCUT2D eigenvalue weighted by Gasteiger charge is 2.36. The van der Waals surface area contributed by atoms with Gasteiger partial charge in [0.2, 0.25) is 5.91 Å². The van der Waals surface area contributed by atoms with Crippen LogP contribution in [0.1, 0.15) is 58.3 Å². The summed E-state index contributed by atoms with van der Waals surface area (Å²) in [5, 5.41) is 0. The summed E-state index contributed by atoms with van der Waals surface area (Å²) in [5.74, 6) is 1.16. The molecule has 1 saturated heterocycles. The molecule has 2 rings (SSSR count). The highest BCUT2D eigenvalue weighted by Crippen LogP contribution is 2.32. The van der Waals surface area contributed by atoms with E-state index in [9.17, 15) is 4.79 Å². The average molecular weight is 238 g/mol. The Kier molecular flexibility index (Phi) is 4.08. The van der Waals surface area contributed by atoms with E-state index in [1.807, 2.05) is 0 Å². The number of carbonyl (C=O) groups is 1. The van der Waals surface area contributed by atoms with E-state index >= 15 is 0 Å². The lowest BCUT2D eigenvalue weighted by Crippen LogP contribution is -2.56. The summed E-state index contributed by atoms with van der Waals surface area (Å²) in [6.07, 6.45) is 9.28. The number of likely N-dealkylation sites (tertiary alicyclic amines) is 1. The van der Waals surface area contributed by atoms with Crippen molar-refractivity contribution >= 4 is 5.91 Å². The molecule has 1 atom stereocenters. The van der Waals surface area contributed by atoms with Gasteiger partial charge in [-0.3, -0.25) is 4.79 Å². The molecular formula is C14H26N2O. The normalized spacial score (nSPS) is 30.1. The minimum atomic E-state index is -0.0745. The second-order valence-electron chi connectivity index (χ2n) is 6.04. The van der Waals surface area contributed by atoms with Gasteiger partial charge >= 0.3 is 0 Å². The lowest BCUT2D eigenvalue weighted by atomic mass is 9.81. The van der Waals surface area contributed by atoms with Gasteiger partial charge < -0.3 is 10.6 Å². The molecule has 0 aromatic rings. The van der Waals surface area contributed by atoms with E-state index in [2.05, 4.69) is 11.8 Å². The smallest absolute Gasteiger partial charge is 0.223 e. The van der Waals surface area contributed by atoms with Crippen LogP contribution in [0, 0.1) is 5.92 Å². The van der Waals surface area contributed by atoms with Crippen molar-refractivity contribution in [2.24, 2.45) is 11.7 Å². The SMILES string of the molecule is CC1(CN)CCCCN1C(=O)CCC1CCC1. The average Bonchev–Trinajstić information content (AvgIpc) is 2.27. The Morgan fingerprint density at radius 1 is 1.35 bits per heavy atom. The van der Waals surface area contributed by atoms with E-state index in [4.69, 9.17) is 5.73 Å². The van der Waals surface area contributed by atoms with Crippen molar-refractivity contribution in [2.45, 2.75) is 63.8 Å². The van der Waals surface area contributed by atoms with Gasteiger partial charge in [-0.2, -0.15) is 0 Å². The van der Waals surface area contributed by atoms with E-state index in [1.54, 1.807) is 0 Å². The van der Waals surface area contributed by atoms with Gasteiger partial charge in [0, 0.05) is 19.5 Å². The highest BCUT2D eigenvalue weighted by atomic mass is 16.2. The number of carbonyl (C=O) groups excluding carboxylic acids is 1. The van der Waals surface area contributed by atoms with Crippen molar-refractivity contribution in [1.29, 1.82) is 0 Å². The number of nitrogens with two attached hydrogens (primary N) is 1. The third-order valence-electron chi connectivity index (χ3n) is 4.73. The van der Waals surface area contributed by atoms with Crippen molar-refractivity contribution in [2.75, 3.05) is 13.1 Å².